The first-order chi connectivity index (χ1) is 10.7. The second-order valence-corrected chi connectivity index (χ2v) is 4.73. The van der Waals surface area contributed by atoms with Crippen LogP contribution in [0, 0.1) is 0 Å². The summed E-state index contributed by atoms with van der Waals surface area (Å²) in [6.45, 7) is 0.477. The van der Waals surface area contributed by atoms with Crippen molar-refractivity contribution in [3.8, 4) is 11.4 Å². The molecule has 3 rings (SSSR count). The molecule has 0 amide bonds. The standard InChI is InChI=1S/C17H14N2O3/c20-16-17(21)19(11-10-18-16)14-6-8-15(9-7-14)22-12-13-4-2-1-3-5-13/h1-11H,12H2,(H,18,20). The van der Waals surface area contributed by atoms with Crippen molar-refractivity contribution in [1.29, 1.82) is 0 Å². The quantitative estimate of drug-likeness (QED) is 0.749. The Morgan fingerprint density at radius 1 is 0.955 bits per heavy atom. The number of aromatic nitrogens is 2. The Morgan fingerprint density at radius 2 is 1.68 bits per heavy atom. The highest BCUT2D eigenvalue weighted by atomic mass is 16.5. The molecule has 0 bridgehead atoms. The van der Waals surface area contributed by atoms with E-state index in [9.17, 15) is 9.59 Å². The van der Waals surface area contributed by atoms with Gasteiger partial charge in [-0.25, -0.2) is 0 Å². The van der Waals surface area contributed by atoms with Crippen molar-refractivity contribution >= 4 is 0 Å². The van der Waals surface area contributed by atoms with Crippen molar-refractivity contribution < 1.29 is 4.74 Å². The van der Waals surface area contributed by atoms with Crippen molar-refractivity contribution in [3.63, 3.8) is 0 Å². The molecule has 0 unspecified atom stereocenters. The van der Waals surface area contributed by atoms with Crippen molar-refractivity contribution in [2.75, 3.05) is 0 Å². The van der Waals surface area contributed by atoms with Crippen LogP contribution in [0.5, 0.6) is 5.75 Å². The molecule has 1 heterocycles. The molecule has 0 radical (unpaired) electrons. The second kappa shape index (κ2) is 6.13. The van der Waals surface area contributed by atoms with Gasteiger partial charge < -0.3 is 9.72 Å². The van der Waals surface area contributed by atoms with Gasteiger partial charge in [-0.05, 0) is 29.8 Å². The Labute approximate surface area is 126 Å². The fraction of sp³-hybridized carbons (Fsp3) is 0.0588. The van der Waals surface area contributed by atoms with Crippen LogP contribution in [0.15, 0.2) is 76.6 Å². The number of nitrogens with one attached hydrogen (secondary N) is 1. The van der Waals surface area contributed by atoms with Crippen LogP contribution in [0.4, 0.5) is 0 Å². The fourth-order valence-electron chi connectivity index (χ4n) is 2.07. The lowest BCUT2D eigenvalue weighted by Gasteiger charge is -2.08. The average Bonchev–Trinajstić information content (AvgIpc) is 2.57. The van der Waals surface area contributed by atoms with Crippen molar-refractivity contribution in [2.45, 2.75) is 6.61 Å². The number of nitrogens with zero attached hydrogens (tertiary/aromatic N) is 1. The monoisotopic (exact) mass is 294 g/mol. The molecule has 1 aromatic heterocycles. The van der Waals surface area contributed by atoms with Gasteiger partial charge in [-0.15, -0.1) is 0 Å². The van der Waals surface area contributed by atoms with Gasteiger partial charge in [0.25, 0.3) is 0 Å². The molecule has 0 aliphatic heterocycles. The number of ether oxygens (including phenoxy) is 1. The first-order valence-electron chi connectivity index (χ1n) is 6.81. The molecule has 110 valence electrons. The Bertz CT molecular complexity index is 865. The van der Waals surface area contributed by atoms with E-state index in [4.69, 9.17) is 4.74 Å². The van der Waals surface area contributed by atoms with E-state index in [0.29, 0.717) is 18.0 Å². The van der Waals surface area contributed by atoms with Gasteiger partial charge in [0.05, 0.1) is 0 Å². The molecule has 3 aromatic rings. The molecule has 0 fully saturated rings. The first kappa shape index (κ1) is 13.9. The van der Waals surface area contributed by atoms with Crippen LogP contribution in [-0.4, -0.2) is 9.55 Å². The van der Waals surface area contributed by atoms with E-state index in [-0.39, 0.29) is 0 Å². The molecule has 0 saturated heterocycles. The Kier molecular flexibility index (Phi) is 3.87. The summed E-state index contributed by atoms with van der Waals surface area (Å²) in [5.74, 6) is 0.700. The molecule has 0 atom stereocenters. The summed E-state index contributed by atoms with van der Waals surface area (Å²) in [6, 6.07) is 16.9. The molecule has 0 aliphatic rings. The Balaban J connectivity index is 1.77. The number of aromatic amines is 1. The number of hydrogen-bond acceptors (Lipinski definition) is 3. The third kappa shape index (κ3) is 2.98. The summed E-state index contributed by atoms with van der Waals surface area (Å²) >= 11 is 0. The fourth-order valence-corrected chi connectivity index (χ4v) is 2.07. The van der Waals surface area contributed by atoms with Gasteiger partial charge >= 0.3 is 11.1 Å². The van der Waals surface area contributed by atoms with Gasteiger partial charge in [-0.1, -0.05) is 30.3 Å². The number of benzene rings is 2. The zero-order valence-corrected chi connectivity index (χ0v) is 11.7. The summed E-state index contributed by atoms with van der Waals surface area (Å²) in [7, 11) is 0. The van der Waals surface area contributed by atoms with Crippen LogP contribution in [-0.2, 0) is 6.61 Å². The summed E-state index contributed by atoms with van der Waals surface area (Å²) in [5.41, 5.74) is 0.438. The molecule has 0 spiro atoms. The van der Waals surface area contributed by atoms with E-state index in [1.54, 1.807) is 24.3 Å². The molecule has 0 aliphatic carbocycles. The Hall–Kier alpha value is -3.08. The number of H-pyrrole nitrogens is 1. The SMILES string of the molecule is O=c1[nH]ccn(-c2ccc(OCc3ccccc3)cc2)c1=O. The van der Waals surface area contributed by atoms with Crippen molar-refractivity contribution in [3.05, 3.63) is 93.3 Å². The summed E-state index contributed by atoms with van der Waals surface area (Å²) < 4.78 is 6.97. The zero-order chi connectivity index (χ0) is 15.4. The highest BCUT2D eigenvalue weighted by Crippen LogP contribution is 2.15. The van der Waals surface area contributed by atoms with Gasteiger partial charge in [-0.3, -0.25) is 14.2 Å². The smallest absolute Gasteiger partial charge is 0.320 e. The van der Waals surface area contributed by atoms with E-state index >= 15 is 0 Å². The molecule has 1 N–H and O–H groups in total. The molecule has 2 aromatic carbocycles. The van der Waals surface area contributed by atoms with Crippen molar-refractivity contribution in [2.24, 2.45) is 0 Å². The average molecular weight is 294 g/mol. The van der Waals surface area contributed by atoms with Gasteiger partial charge in [0, 0.05) is 18.1 Å². The molecule has 0 saturated carbocycles. The summed E-state index contributed by atoms with van der Waals surface area (Å²) in [4.78, 5) is 25.4. The lowest BCUT2D eigenvalue weighted by Crippen LogP contribution is -2.34. The van der Waals surface area contributed by atoms with E-state index in [1.165, 1.54) is 17.0 Å². The molecular formula is C17H14N2O3. The minimum atomic E-state index is -0.646. The van der Waals surface area contributed by atoms with E-state index < -0.39 is 11.1 Å². The zero-order valence-electron chi connectivity index (χ0n) is 11.7. The maximum atomic E-state index is 11.8. The second-order valence-electron chi connectivity index (χ2n) is 4.73. The predicted molar refractivity (Wildman–Crippen MR) is 83.4 cm³/mol. The van der Waals surface area contributed by atoms with Gasteiger partial charge in [-0.2, -0.15) is 0 Å². The van der Waals surface area contributed by atoms with Gasteiger partial charge in [0.2, 0.25) is 0 Å². The topological polar surface area (TPSA) is 64.1 Å². The van der Waals surface area contributed by atoms with E-state index in [2.05, 4.69) is 4.98 Å². The van der Waals surface area contributed by atoms with E-state index in [0.717, 1.165) is 5.56 Å². The van der Waals surface area contributed by atoms with Gasteiger partial charge in [0.15, 0.2) is 0 Å². The normalized spacial score (nSPS) is 10.4. The van der Waals surface area contributed by atoms with Crippen LogP contribution >= 0.6 is 0 Å². The third-order valence-corrected chi connectivity index (χ3v) is 3.21. The third-order valence-electron chi connectivity index (χ3n) is 3.21. The van der Waals surface area contributed by atoms with Crippen molar-refractivity contribution in [1.82, 2.24) is 9.55 Å². The minimum absolute atomic E-state index is 0.477. The van der Waals surface area contributed by atoms with Crippen LogP contribution in [0.2, 0.25) is 0 Å². The summed E-state index contributed by atoms with van der Waals surface area (Å²) in [6.07, 6.45) is 2.95. The van der Waals surface area contributed by atoms with Crippen LogP contribution in [0.3, 0.4) is 0 Å². The highest BCUT2D eigenvalue weighted by molar-refractivity contribution is 5.37. The van der Waals surface area contributed by atoms with E-state index in [1.807, 2.05) is 30.3 Å². The van der Waals surface area contributed by atoms with Crippen LogP contribution in [0.1, 0.15) is 5.56 Å². The Morgan fingerprint density at radius 3 is 2.41 bits per heavy atom. The first-order valence-corrected chi connectivity index (χ1v) is 6.81. The highest BCUT2D eigenvalue weighted by Gasteiger charge is 2.03. The molecule has 22 heavy (non-hydrogen) atoms. The van der Waals surface area contributed by atoms with Crippen LogP contribution < -0.4 is 15.9 Å². The molecular weight excluding hydrogens is 280 g/mol. The number of hydrogen-bond donors (Lipinski definition) is 1. The lowest BCUT2D eigenvalue weighted by molar-refractivity contribution is 0.306. The van der Waals surface area contributed by atoms with Gasteiger partial charge in [0.1, 0.15) is 12.4 Å². The largest absolute Gasteiger partial charge is 0.489 e. The molecule has 5 heteroatoms. The van der Waals surface area contributed by atoms with Crippen LogP contribution in [0.25, 0.3) is 5.69 Å². The number of rotatable bonds is 4. The lowest BCUT2D eigenvalue weighted by atomic mass is 10.2. The minimum Gasteiger partial charge on any atom is -0.489 e. The maximum Gasteiger partial charge on any atom is 0.320 e. The molecule has 5 nitrogen and oxygen atoms in total. The maximum absolute atomic E-state index is 11.8. The predicted octanol–water partition coefficient (Wildman–Crippen LogP) is 2.10. The summed E-state index contributed by atoms with van der Waals surface area (Å²) in [5, 5.41) is 0.